The molecule has 1 spiro atoms. The van der Waals surface area contributed by atoms with Crippen molar-refractivity contribution in [3.05, 3.63) is 29.8 Å². The Morgan fingerprint density at radius 3 is 2.50 bits per heavy atom. The molecule has 2 aliphatic carbocycles. The zero-order chi connectivity index (χ0) is 19.7. The van der Waals surface area contributed by atoms with Crippen molar-refractivity contribution in [1.29, 1.82) is 0 Å². The Morgan fingerprint density at radius 1 is 1.14 bits per heavy atom. The fourth-order valence-electron chi connectivity index (χ4n) is 5.15. The molecule has 1 aromatic carbocycles. The zero-order valence-corrected chi connectivity index (χ0v) is 16.8. The summed E-state index contributed by atoms with van der Waals surface area (Å²) in [6.45, 7) is 1.74. The Hall–Kier alpha value is -2.24. The van der Waals surface area contributed by atoms with Gasteiger partial charge in [0.1, 0.15) is 5.75 Å². The van der Waals surface area contributed by atoms with Gasteiger partial charge in [-0.05, 0) is 67.6 Å². The lowest BCUT2D eigenvalue weighted by atomic mass is 9.56. The van der Waals surface area contributed by atoms with Crippen molar-refractivity contribution >= 4 is 12.0 Å². The van der Waals surface area contributed by atoms with Crippen LogP contribution in [-0.4, -0.2) is 50.3 Å². The summed E-state index contributed by atoms with van der Waals surface area (Å²) in [5, 5.41) is 2.77. The second-order valence-electron chi connectivity index (χ2n) is 8.71. The van der Waals surface area contributed by atoms with Gasteiger partial charge in [-0.15, -0.1) is 0 Å². The third kappa shape index (κ3) is 3.69. The van der Waals surface area contributed by atoms with Crippen LogP contribution in [0.1, 0.15) is 50.0 Å². The Kier molecular flexibility index (Phi) is 5.21. The number of carbonyl (C=O) groups excluding carboxylic acids is 2. The number of hydrogen-bond acceptors (Lipinski definition) is 4. The van der Waals surface area contributed by atoms with Crippen molar-refractivity contribution in [3.8, 4) is 5.75 Å². The van der Waals surface area contributed by atoms with Crippen LogP contribution in [0.15, 0.2) is 24.3 Å². The lowest BCUT2D eigenvalue weighted by Gasteiger charge is -2.53. The molecule has 1 saturated heterocycles. The first-order valence-corrected chi connectivity index (χ1v) is 10.3. The Labute approximate surface area is 166 Å². The van der Waals surface area contributed by atoms with Crippen LogP contribution in [0.4, 0.5) is 4.79 Å². The molecule has 1 aliphatic heterocycles. The van der Waals surface area contributed by atoms with Crippen LogP contribution >= 0.6 is 0 Å². The maximum Gasteiger partial charge on any atom is 0.407 e. The molecule has 3 aliphatic rings. The molecule has 0 aromatic heterocycles. The van der Waals surface area contributed by atoms with Crippen molar-refractivity contribution in [2.75, 3.05) is 27.3 Å². The molecule has 1 N–H and O–H groups in total. The quantitative estimate of drug-likeness (QED) is 0.862. The van der Waals surface area contributed by atoms with Gasteiger partial charge in [0.05, 0.1) is 14.2 Å². The maximum atomic E-state index is 12.7. The fourth-order valence-corrected chi connectivity index (χ4v) is 5.15. The number of nitrogens with zero attached hydrogens (tertiary/aromatic N) is 1. The number of rotatable bonds is 4. The number of likely N-dealkylation sites (tertiary alicyclic amines) is 1. The van der Waals surface area contributed by atoms with Crippen molar-refractivity contribution in [1.82, 2.24) is 10.2 Å². The monoisotopic (exact) mass is 386 g/mol. The van der Waals surface area contributed by atoms with Crippen LogP contribution < -0.4 is 10.1 Å². The van der Waals surface area contributed by atoms with Crippen molar-refractivity contribution in [2.24, 2.45) is 11.3 Å². The summed E-state index contributed by atoms with van der Waals surface area (Å²) in [4.78, 5) is 26.0. The number of amides is 2. The highest BCUT2D eigenvalue weighted by molar-refractivity contribution is 5.80. The highest BCUT2D eigenvalue weighted by Gasteiger charge is 2.48. The van der Waals surface area contributed by atoms with Crippen LogP contribution in [0.5, 0.6) is 5.75 Å². The number of piperidine rings is 1. The SMILES string of the molecule is COC(=O)NC1CC(C(=O)N2CCC3(CC2)CC(c2cccc(OC)c2)C3)C1. The molecule has 28 heavy (non-hydrogen) atoms. The number of methoxy groups -OCH3 is 2. The lowest BCUT2D eigenvalue weighted by Crippen LogP contribution is -2.53. The summed E-state index contributed by atoms with van der Waals surface area (Å²) in [5.74, 6) is 1.87. The van der Waals surface area contributed by atoms with Crippen molar-refractivity contribution in [3.63, 3.8) is 0 Å². The number of hydrogen-bond donors (Lipinski definition) is 1. The van der Waals surface area contributed by atoms with E-state index in [0.717, 1.165) is 44.5 Å². The van der Waals surface area contributed by atoms with Crippen LogP contribution in [0.25, 0.3) is 0 Å². The summed E-state index contributed by atoms with van der Waals surface area (Å²) in [6, 6.07) is 8.50. The first-order valence-electron chi connectivity index (χ1n) is 10.3. The molecule has 3 fully saturated rings. The van der Waals surface area contributed by atoms with E-state index in [-0.39, 0.29) is 17.9 Å². The van der Waals surface area contributed by atoms with Gasteiger partial charge in [-0.1, -0.05) is 12.1 Å². The van der Waals surface area contributed by atoms with Gasteiger partial charge < -0.3 is 19.7 Å². The molecule has 0 unspecified atom stereocenters. The fraction of sp³-hybridized carbons (Fsp3) is 0.636. The summed E-state index contributed by atoms with van der Waals surface area (Å²) >= 11 is 0. The molecule has 6 heteroatoms. The van der Waals surface area contributed by atoms with Gasteiger partial charge >= 0.3 is 6.09 Å². The molecule has 1 heterocycles. The van der Waals surface area contributed by atoms with Crippen molar-refractivity contribution in [2.45, 2.75) is 50.5 Å². The molecular weight excluding hydrogens is 356 g/mol. The van der Waals surface area contributed by atoms with E-state index in [1.807, 2.05) is 11.0 Å². The first kappa shape index (κ1) is 19.1. The van der Waals surface area contributed by atoms with E-state index >= 15 is 0 Å². The second-order valence-corrected chi connectivity index (χ2v) is 8.71. The van der Waals surface area contributed by atoms with E-state index in [1.54, 1.807) is 7.11 Å². The van der Waals surface area contributed by atoms with Gasteiger partial charge in [-0.3, -0.25) is 4.79 Å². The van der Waals surface area contributed by atoms with Crippen molar-refractivity contribution < 1.29 is 19.1 Å². The predicted octanol–water partition coefficient (Wildman–Crippen LogP) is 3.32. The largest absolute Gasteiger partial charge is 0.497 e. The topological polar surface area (TPSA) is 67.9 Å². The van der Waals surface area contributed by atoms with Crippen LogP contribution in [0.2, 0.25) is 0 Å². The van der Waals surface area contributed by atoms with Gasteiger partial charge in [0, 0.05) is 25.0 Å². The zero-order valence-electron chi connectivity index (χ0n) is 16.8. The first-order chi connectivity index (χ1) is 13.5. The van der Waals surface area contributed by atoms with Gasteiger partial charge in [-0.25, -0.2) is 4.79 Å². The maximum absolute atomic E-state index is 12.7. The molecule has 2 amide bonds. The summed E-state index contributed by atoms with van der Waals surface area (Å²) < 4.78 is 9.96. The van der Waals surface area contributed by atoms with Gasteiger partial charge in [0.2, 0.25) is 5.91 Å². The van der Waals surface area contributed by atoms with Gasteiger partial charge in [0.15, 0.2) is 0 Å². The van der Waals surface area contributed by atoms with Gasteiger partial charge in [-0.2, -0.15) is 0 Å². The molecule has 0 atom stereocenters. The molecule has 6 nitrogen and oxygen atoms in total. The number of benzene rings is 1. The Balaban J connectivity index is 1.22. The minimum absolute atomic E-state index is 0.0575. The number of nitrogens with one attached hydrogen (secondary N) is 1. The Morgan fingerprint density at radius 2 is 1.86 bits per heavy atom. The normalized spacial score (nSPS) is 26.1. The molecule has 4 rings (SSSR count). The van der Waals surface area contributed by atoms with Crippen LogP contribution in [0, 0.1) is 11.3 Å². The van der Waals surface area contributed by atoms with Crippen LogP contribution in [-0.2, 0) is 9.53 Å². The van der Waals surface area contributed by atoms with E-state index in [2.05, 4.69) is 28.3 Å². The number of alkyl carbamates (subject to hydrolysis) is 1. The predicted molar refractivity (Wildman–Crippen MR) is 105 cm³/mol. The molecule has 2 saturated carbocycles. The number of ether oxygens (including phenoxy) is 2. The molecule has 0 bridgehead atoms. The van der Waals surface area contributed by atoms with E-state index in [0.29, 0.717) is 11.3 Å². The number of carbonyl (C=O) groups is 2. The molecular formula is C22H30N2O4. The summed E-state index contributed by atoms with van der Waals surface area (Å²) in [5.41, 5.74) is 1.79. The van der Waals surface area contributed by atoms with E-state index in [4.69, 9.17) is 4.74 Å². The minimum atomic E-state index is -0.411. The molecule has 0 radical (unpaired) electrons. The summed E-state index contributed by atoms with van der Waals surface area (Å²) in [6.07, 6.45) is 5.70. The molecule has 1 aromatic rings. The van der Waals surface area contributed by atoms with Gasteiger partial charge in [0.25, 0.3) is 0 Å². The smallest absolute Gasteiger partial charge is 0.407 e. The van der Waals surface area contributed by atoms with E-state index in [9.17, 15) is 9.59 Å². The highest BCUT2D eigenvalue weighted by Crippen LogP contribution is 2.57. The van der Waals surface area contributed by atoms with Crippen LogP contribution in [0.3, 0.4) is 0 Å². The highest BCUT2D eigenvalue weighted by atomic mass is 16.5. The Bertz CT molecular complexity index is 728. The summed E-state index contributed by atoms with van der Waals surface area (Å²) in [7, 11) is 3.07. The standard InChI is InChI=1S/C22H30N2O4/c1-27-19-5-3-4-15(12-19)17-13-22(14-17)6-8-24(9-7-22)20(25)16-10-18(11-16)23-21(26)28-2/h3-5,12,16-18H,6-11,13-14H2,1-2H3,(H,23,26). The van der Waals surface area contributed by atoms with E-state index in [1.165, 1.54) is 25.5 Å². The third-order valence-corrected chi connectivity index (χ3v) is 7.05. The minimum Gasteiger partial charge on any atom is -0.497 e. The second kappa shape index (κ2) is 7.64. The molecule has 152 valence electrons. The lowest BCUT2D eigenvalue weighted by molar-refractivity contribution is -0.142. The van der Waals surface area contributed by atoms with E-state index < -0.39 is 6.09 Å². The average molecular weight is 386 g/mol. The average Bonchev–Trinajstić information content (AvgIpc) is 2.68. The third-order valence-electron chi connectivity index (χ3n) is 7.05.